The molecule has 1 aromatic rings. The van der Waals surface area contributed by atoms with Crippen LogP contribution in [0.15, 0.2) is 24.3 Å². The Hall–Kier alpha value is -1.88. The largest absolute Gasteiger partial charge is 0.480 e. The molecule has 0 radical (unpaired) electrons. The first-order valence-electron chi connectivity index (χ1n) is 7.11. The van der Waals surface area contributed by atoms with Gasteiger partial charge in [0.25, 0.3) is 5.91 Å². The Labute approximate surface area is 126 Å². The van der Waals surface area contributed by atoms with E-state index in [-0.39, 0.29) is 5.91 Å². The van der Waals surface area contributed by atoms with Gasteiger partial charge in [0, 0.05) is 18.7 Å². The molecule has 5 heteroatoms. The van der Waals surface area contributed by atoms with Crippen molar-refractivity contribution in [1.29, 1.82) is 0 Å². The molecule has 0 heterocycles. The maximum Gasteiger partial charge on any atom is 0.320 e. The fraction of sp³-hybridized carbons (Fsp3) is 0.500. The van der Waals surface area contributed by atoms with Crippen molar-refractivity contribution in [3.8, 4) is 0 Å². The number of amides is 1. The Balaban J connectivity index is 2.72. The molecule has 0 aliphatic carbocycles. The number of hydrogen-bond acceptors (Lipinski definition) is 3. The molecule has 1 rings (SSSR count). The first-order valence-corrected chi connectivity index (χ1v) is 7.11. The second-order valence-corrected chi connectivity index (χ2v) is 5.73. The zero-order chi connectivity index (χ0) is 16.0. The van der Waals surface area contributed by atoms with E-state index in [1.165, 1.54) is 0 Å². The molecule has 0 aliphatic rings. The van der Waals surface area contributed by atoms with Gasteiger partial charge >= 0.3 is 5.97 Å². The van der Waals surface area contributed by atoms with Gasteiger partial charge in [0.2, 0.25) is 0 Å². The van der Waals surface area contributed by atoms with E-state index in [2.05, 4.69) is 5.32 Å². The average Bonchev–Trinajstić information content (AvgIpc) is 2.43. The van der Waals surface area contributed by atoms with Crippen molar-refractivity contribution < 1.29 is 14.7 Å². The standard InChI is InChI=1S/C16H24N2O3/c1-11(2)9-17-15(19)14-7-5-6-13(8-14)10-18(4)12(3)16(20)21/h5-8,11-12H,9-10H2,1-4H3,(H,17,19)(H,20,21). The highest BCUT2D eigenvalue weighted by molar-refractivity contribution is 5.94. The fourth-order valence-corrected chi connectivity index (χ4v) is 1.82. The lowest BCUT2D eigenvalue weighted by molar-refractivity contribution is -0.142. The van der Waals surface area contributed by atoms with Crippen LogP contribution >= 0.6 is 0 Å². The van der Waals surface area contributed by atoms with Gasteiger partial charge in [0.15, 0.2) is 0 Å². The van der Waals surface area contributed by atoms with Crippen molar-refractivity contribution in [1.82, 2.24) is 10.2 Å². The summed E-state index contributed by atoms with van der Waals surface area (Å²) in [5.74, 6) is -0.553. The van der Waals surface area contributed by atoms with Gasteiger partial charge in [-0.2, -0.15) is 0 Å². The van der Waals surface area contributed by atoms with Crippen LogP contribution in [0.5, 0.6) is 0 Å². The number of carbonyl (C=O) groups excluding carboxylic acids is 1. The highest BCUT2D eigenvalue weighted by atomic mass is 16.4. The van der Waals surface area contributed by atoms with Gasteiger partial charge in [-0.05, 0) is 37.6 Å². The lowest BCUT2D eigenvalue weighted by Gasteiger charge is -2.21. The monoisotopic (exact) mass is 292 g/mol. The summed E-state index contributed by atoms with van der Waals surface area (Å²) in [5.41, 5.74) is 1.52. The van der Waals surface area contributed by atoms with Gasteiger partial charge in [-0.25, -0.2) is 0 Å². The molecule has 0 saturated carbocycles. The van der Waals surface area contributed by atoms with Crippen molar-refractivity contribution in [2.45, 2.75) is 33.4 Å². The summed E-state index contributed by atoms with van der Waals surface area (Å²) >= 11 is 0. The summed E-state index contributed by atoms with van der Waals surface area (Å²) in [6.45, 7) is 6.84. The topological polar surface area (TPSA) is 69.6 Å². The summed E-state index contributed by atoms with van der Waals surface area (Å²) in [6, 6.07) is 6.72. The smallest absolute Gasteiger partial charge is 0.320 e. The molecule has 1 amide bonds. The van der Waals surface area contributed by atoms with E-state index in [1.807, 2.05) is 26.0 Å². The Bertz CT molecular complexity index is 500. The van der Waals surface area contributed by atoms with E-state index in [1.54, 1.807) is 31.0 Å². The van der Waals surface area contributed by atoms with E-state index in [9.17, 15) is 9.59 Å². The minimum absolute atomic E-state index is 0.0977. The van der Waals surface area contributed by atoms with Crippen LogP contribution in [0.2, 0.25) is 0 Å². The zero-order valence-electron chi connectivity index (χ0n) is 13.1. The number of carbonyl (C=O) groups is 2. The molecule has 1 atom stereocenters. The third kappa shape index (κ3) is 5.55. The van der Waals surface area contributed by atoms with Crippen LogP contribution in [0.4, 0.5) is 0 Å². The van der Waals surface area contributed by atoms with Crippen LogP contribution in [0, 0.1) is 5.92 Å². The van der Waals surface area contributed by atoms with Crippen LogP contribution in [0.1, 0.15) is 36.7 Å². The van der Waals surface area contributed by atoms with Gasteiger partial charge in [-0.1, -0.05) is 26.0 Å². The van der Waals surface area contributed by atoms with E-state index < -0.39 is 12.0 Å². The molecule has 0 spiro atoms. The lowest BCUT2D eigenvalue weighted by atomic mass is 10.1. The predicted molar refractivity (Wildman–Crippen MR) is 82.2 cm³/mol. The molecule has 0 bridgehead atoms. The van der Waals surface area contributed by atoms with Crippen molar-refractivity contribution in [3.63, 3.8) is 0 Å². The number of benzene rings is 1. The second-order valence-electron chi connectivity index (χ2n) is 5.73. The molecule has 0 aromatic heterocycles. The number of likely N-dealkylation sites (N-methyl/N-ethyl adjacent to an activating group) is 1. The van der Waals surface area contributed by atoms with Crippen molar-refractivity contribution in [2.24, 2.45) is 5.92 Å². The number of rotatable bonds is 7. The first kappa shape index (κ1) is 17.2. The Kier molecular flexibility index (Phi) is 6.37. The maximum atomic E-state index is 12.0. The van der Waals surface area contributed by atoms with E-state index in [0.29, 0.717) is 24.6 Å². The van der Waals surface area contributed by atoms with Crippen molar-refractivity contribution >= 4 is 11.9 Å². The minimum atomic E-state index is -0.858. The third-order valence-electron chi connectivity index (χ3n) is 3.31. The Morgan fingerprint density at radius 1 is 1.29 bits per heavy atom. The molecule has 2 N–H and O–H groups in total. The number of nitrogens with zero attached hydrogens (tertiary/aromatic N) is 1. The molecule has 0 saturated heterocycles. The van der Waals surface area contributed by atoms with Crippen LogP contribution in [0.25, 0.3) is 0 Å². The van der Waals surface area contributed by atoms with Crippen LogP contribution in [-0.4, -0.2) is 41.5 Å². The quantitative estimate of drug-likeness (QED) is 0.806. The number of nitrogens with one attached hydrogen (secondary N) is 1. The van der Waals surface area contributed by atoms with Crippen molar-refractivity contribution in [3.05, 3.63) is 35.4 Å². The van der Waals surface area contributed by atoms with E-state index in [4.69, 9.17) is 5.11 Å². The summed E-state index contributed by atoms with van der Waals surface area (Å²) in [7, 11) is 1.75. The summed E-state index contributed by atoms with van der Waals surface area (Å²) in [5, 5.41) is 11.9. The van der Waals surface area contributed by atoms with Crippen LogP contribution in [0.3, 0.4) is 0 Å². The summed E-state index contributed by atoms with van der Waals surface area (Å²) in [6.07, 6.45) is 0. The van der Waals surface area contributed by atoms with Crippen molar-refractivity contribution in [2.75, 3.05) is 13.6 Å². The van der Waals surface area contributed by atoms with Gasteiger partial charge in [-0.3, -0.25) is 14.5 Å². The number of aliphatic carboxylic acids is 1. The van der Waals surface area contributed by atoms with E-state index >= 15 is 0 Å². The van der Waals surface area contributed by atoms with E-state index in [0.717, 1.165) is 5.56 Å². The summed E-state index contributed by atoms with van der Waals surface area (Å²) < 4.78 is 0. The molecule has 21 heavy (non-hydrogen) atoms. The second kappa shape index (κ2) is 7.78. The number of carboxylic acid groups (broad SMARTS) is 1. The van der Waals surface area contributed by atoms with Gasteiger partial charge in [0.05, 0.1) is 0 Å². The molecular weight excluding hydrogens is 268 g/mol. The normalized spacial score (nSPS) is 12.5. The minimum Gasteiger partial charge on any atom is -0.480 e. The highest BCUT2D eigenvalue weighted by Gasteiger charge is 2.17. The first-order chi connectivity index (χ1) is 9.81. The Morgan fingerprint density at radius 2 is 1.95 bits per heavy atom. The van der Waals surface area contributed by atoms with Crippen LogP contribution < -0.4 is 5.32 Å². The highest BCUT2D eigenvalue weighted by Crippen LogP contribution is 2.10. The fourth-order valence-electron chi connectivity index (χ4n) is 1.82. The predicted octanol–water partition coefficient (Wildman–Crippen LogP) is 1.98. The average molecular weight is 292 g/mol. The Morgan fingerprint density at radius 3 is 2.52 bits per heavy atom. The van der Waals surface area contributed by atoms with Crippen LogP contribution in [-0.2, 0) is 11.3 Å². The van der Waals surface area contributed by atoms with Gasteiger partial charge < -0.3 is 10.4 Å². The third-order valence-corrected chi connectivity index (χ3v) is 3.31. The molecule has 0 aliphatic heterocycles. The zero-order valence-corrected chi connectivity index (χ0v) is 13.1. The molecular formula is C16H24N2O3. The molecule has 116 valence electrons. The van der Waals surface area contributed by atoms with Gasteiger partial charge in [0.1, 0.15) is 6.04 Å². The summed E-state index contributed by atoms with van der Waals surface area (Å²) in [4.78, 5) is 24.7. The lowest BCUT2D eigenvalue weighted by Crippen LogP contribution is -2.35. The molecule has 5 nitrogen and oxygen atoms in total. The van der Waals surface area contributed by atoms with Gasteiger partial charge in [-0.15, -0.1) is 0 Å². The molecule has 0 fully saturated rings. The number of hydrogen-bond donors (Lipinski definition) is 2. The molecule has 1 unspecified atom stereocenters. The number of carboxylic acids is 1. The molecule has 1 aromatic carbocycles. The maximum absolute atomic E-state index is 12.0. The SMILES string of the molecule is CC(C)CNC(=O)c1cccc(CN(C)C(C)C(=O)O)c1.